The first-order valence-electron chi connectivity index (χ1n) is 8.60. The molecule has 1 aliphatic heterocycles. The summed E-state index contributed by atoms with van der Waals surface area (Å²) in [6.07, 6.45) is 9.40. The fourth-order valence-electron chi connectivity index (χ4n) is 2.96. The van der Waals surface area contributed by atoms with Gasteiger partial charge in [0.05, 0.1) is 39.4 Å². The zero-order valence-corrected chi connectivity index (χ0v) is 15.9. The second kappa shape index (κ2) is 7.46. The minimum absolute atomic E-state index is 0.113. The second-order valence-corrected chi connectivity index (χ2v) is 7.66. The van der Waals surface area contributed by atoms with Gasteiger partial charge in [0, 0.05) is 31.4 Å². The minimum Gasteiger partial charge on any atom is -0.373 e. The Labute approximate surface area is 159 Å². The number of hydrogen-bond donors (Lipinski definition) is 1. The normalized spacial score (nSPS) is 18.2. The summed E-state index contributed by atoms with van der Waals surface area (Å²) < 4.78 is 20.2. The van der Waals surface area contributed by atoms with Crippen molar-refractivity contribution in [1.29, 1.82) is 0 Å². The third-order valence-corrected chi connectivity index (χ3v) is 5.64. The number of rotatable bonds is 5. The number of H-pyrrole nitrogens is 1. The molecule has 1 aliphatic rings. The number of fused-ring (bicyclic) bond motifs is 1. The Kier molecular flexibility index (Phi) is 4.87. The van der Waals surface area contributed by atoms with Crippen molar-refractivity contribution >= 4 is 27.5 Å². The molecule has 3 heterocycles. The van der Waals surface area contributed by atoms with Gasteiger partial charge in [0.1, 0.15) is 0 Å². The Bertz CT molecular complexity index is 1080. The smallest absolute Gasteiger partial charge is 0.197 e. The highest BCUT2D eigenvalue weighted by Crippen LogP contribution is 2.19. The molecule has 7 heteroatoms. The third kappa shape index (κ3) is 3.70. The molecule has 0 saturated heterocycles. The Hall–Kier alpha value is -2.77. The van der Waals surface area contributed by atoms with Gasteiger partial charge in [-0.25, -0.2) is 4.98 Å². The van der Waals surface area contributed by atoms with Gasteiger partial charge in [-0.2, -0.15) is 0 Å². The second-order valence-electron chi connectivity index (χ2n) is 6.29. The average Bonchev–Trinajstić information content (AvgIpc) is 3.31. The van der Waals surface area contributed by atoms with Gasteiger partial charge >= 0.3 is 0 Å². The molecule has 4 rings (SSSR count). The number of methoxy groups -OCH3 is 1. The van der Waals surface area contributed by atoms with E-state index in [1.807, 2.05) is 66.4 Å². The summed E-state index contributed by atoms with van der Waals surface area (Å²) in [4.78, 5) is 12.1. The minimum atomic E-state index is -1.32. The molecule has 0 spiro atoms. The first-order valence-corrected chi connectivity index (χ1v) is 9.92. The lowest BCUT2D eigenvalue weighted by molar-refractivity contribution is 0.177. The van der Waals surface area contributed by atoms with Crippen LogP contribution in [0.4, 0.5) is 0 Å². The third-order valence-electron chi connectivity index (χ3n) is 4.48. The van der Waals surface area contributed by atoms with Crippen molar-refractivity contribution in [3.63, 3.8) is 0 Å². The van der Waals surface area contributed by atoms with Crippen molar-refractivity contribution in [3.8, 4) is 5.69 Å². The Balaban J connectivity index is 1.58. The standard InChI is InChI=1S/C20H20N4O2S/c1-14-11-16(26-2)7-8-21-19(14)13-27(25)20-22-17-6-5-15(12-18(17)23-20)24-9-3-4-10-24/h3-12,16H,13H2,1-2H3,(H,22,23). The number of allylic oxidation sites excluding steroid dienone is 1. The van der Waals surface area contributed by atoms with Crippen LogP contribution in [0.1, 0.15) is 6.92 Å². The Morgan fingerprint density at radius 2 is 2.11 bits per heavy atom. The van der Waals surface area contributed by atoms with Crippen LogP contribution in [0.3, 0.4) is 0 Å². The van der Waals surface area contributed by atoms with Crippen molar-refractivity contribution in [1.82, 2.24) is 14.5 Å². The Morgan fingerprint density at radius 1 is 1.30 bits per heavy atom. The summed E-state index contributed by atoms with van der Waals surface area (Å²) in [5, 5.41) is 0.460. The highest BCUT2D eigenvalue weighted by molar-refractivity contribution is 7.85. The van der Waals surface area contributed by atoms with E-state index >= 15 is 0 Å². The summed E-state index contributed by atoms with van der Waals surface area (Å²) >= 11 is 0. The lowest BCUT2D eigenvalue weighted by Gasteiger charge is -2.06. The molecule has 0 radical (unpaired) electrons. The summed E-state index contributed by atoms with van der Waals surface area (Å²) in [6, 6.07) is 9.88. The molecule has 0 amide bonds. The van der Waals surface area contributed by atoms with Gasteiger partial charge in [0.2, 0.25) is 0 Å². The molecule has 0 fully saturated rings. The maximum atomic E-state index is 12.9. The zero-order valence-electron chi connectivity index (χ0n) is 15.1. The van der Waals surface area contributed by atoms with E-state index in [0.29, 0.717) is 10.9 Å². The maximum Gasteiger partial charge on any atom is 0.197 e. The van der Waals surface area contributed by atoms with Crippen molar-refractivity contribution in [2.24, 2.45) is 4.99 Å². The molecule has 1 aromatic carbocycles. The van der Waals surface area contributed by atoms with Gasteiger partial charge in [-0.05, 0) is 55.0 Å². The highest BCUT2D eigenvalue weighted by atomic mass is 32.2. The molecule has 0 bridgehead atoms. The molecule has 2 aromatic heterocycles. The molecule has 2 atom stereocenters. The van der Waals surface area contributed by atoms with E-state index in [1.165, 1.54) is 0 Å². The number of nitrogens with one attached hydrogen (secondary N) is 1. The number of aromatic amines is 1. The summed E-state index contributed by atoms with van der Waals surface area (Å²) in [5.41, 5.74) is 4.42. The number of aliphatic imine (C=N–C) groups is 1. The van der Waals surface area contributed by atoms with Gasteiger partial charge in [-0.3, -0.25) is 9.20 Å². The van der Waals surface area contributed by atoms with Gasteiger partial charge in [0.25, 0.3) is 0 Å². The van der Waals surface area contributed by atoms with E-state index in [4.69, 9.17) is 4.74 Å². The molecule has 0 aliphatic carbocycles. The van der Waals surface area contributed by atoms with Crippen LogP contribution in [0.2, 0.25) is 0 Å². The van der Waals surface area contributed by atoms with E-state index in [2.05, 4.69) is 15.0 Å². The molecule has 0 saturated carbocycles. The van der Waals surface area contributed by atoms with Gasteiger partial charge in [-0.1, -0.05) is 0 Å². The molecule has 2 unspecified atom stereocenters. The van der Waals surface area contributed by atoms with Gasteiger partial charge in [0.15, 0.2) is 5.16 Å². The zero-order chi connectivity index (χ0) is 18.8. The largest absolute Gasteiger partial charge is 0.373 e. The highest BCUT2D eigenvalue weighted by Gasteiger charge is 2.16. The van der Waals surface area contributed by atoms with Crippen LogP contribution in [0.25, 0.3) is 16.7 Å². The predicted molar refractivity (Wildman–Crippen MR) is 108 cm³/mol. The quantitative estimate of drug-likeness (QED) is 0.737. The lowest BCUT2D eigenvalue weighted by Crippen LogP contribution is -2.14. The van der Waals surface area contributed by atoms with E-state index in [1.54, 1.807) is 13.3 Å². The summed E-state index contributed by atoms with van der Waals surface area (Å²) in [7, 11) is 0.333. The van der Waals surface area contributed by atoms with Crippen LogP contribution in [-0.4, -0.2) is 43.4 Å². The van der Waals surface area contributed by atoms with E-state index in [9.17, 15) is 4.21 Å². The molecule has 6 nitrogen and oxygen atoms in total. The van der Waals surface area contributed by atoms with Crippen LogP contribution in [-0.2, 0) is 15.5 Å². The number of nitrogens with zero attached hydrogens (tertiary/aromatic N) is 3. The predicted octanol–water partition coefficient (Wildman–Crippen LogP) is 3.39. The topological polar surface area (TPSA) is 72.3 Å². The van der Waals surface area contributed by atoms with Crippen molar-refractivity contribution in [2.45, 2.75) is 18.2 Å². The number of hydrogen-bond acceptors (Lipinski definition) is 4. The monoisotopic (exact) mass is 380 g/mol. The summed E-state index contributed by atoms with van der Waals surface area (Å²) in [5.74, 6) is 0.299. The van der Waals surface area contributed by atoms with Crippen LogP contribution < -0.4 is 0 Å². The Morgan fingerprint density at radius 3 is 2.89 bits per heavy atom. The molecule has 138 valence electrons. The number of aromatic nitrogens is 3. The van der Waals surface area contributed by atoms with Crippen LogP contribution in [0.5, 0.6) is 0 Å². The average molecular weight is 380 g/mol. The molecule has 1 N–H and O–H groups in total. The van der Waals surface area contributed by atoms with Gasteiger partial charge < -0.3 is 14.3 Å². The lowest BCUT2D eigenvalue weighted by atomic mass is 10.1. The molecule has 3 aromatic rings. The number of imidazole rings is 1. The molecule has 27 heavy (non-hydrogen) atoms. The first kappa shape index (κ1) is 17.6. The first-order chi connectivity index (χ1) is 13.1. The maximum absolute atomic E-state index is 12.9. The van der Waals surface area contributed by atoms with Crippen LogP contribution >= 0.6 is 0 Å². The molecular formula is C20H20N4O2S. The number of ether oxygens (including phenoxy) is 1. The van der Waals surface area contributed by atoms with Crippen molar-refractivity contribution in [2.75, 3.05) is 12.9 Å². The van der Waals surface area contributed by atoms with Crippen molar-refractivity contribution in [3.05, 3.63) is 66.7 Å². The van der Waals surface area contributed by atoms with E-state index in [-0.39, 0.29) is 6.10 Å². The van der Waals surface area contributed by atoms with E-state index in [0.717, 1.165) is 28.0 Å². The summed E-state index contributed by atoms with van der Waals surface area (Å²) in [6.45, 7) is 1.96. The number of benzene rings is 1. The molecular weight excluding hydrogens is 360 g/mol. The fourth-order valence-corrected chi connectivity index (χ4v) is 4.07. The van der Waals surface area contributed by atoms with Crippen LogP contribution in [0.15, 0.2) is 76.8 Å². The fraction of sp³-hybridized carbons (Fsp3) is 0.200. The van der Waals surface area contributed by atoms with Gasteiger partial charge in [-0.15, -0.1) is 0 Å². The van der Waals surface area contributed by atoms with Crippen molar-refractivity contribution < 1.29 is 8.95 Å². The van der Waals surface area contributed by atoms with E-state index < -0.39 is 10.8 Å². The van der Waals surface area contributed by atoms with Crippen LogP contribution in [0, 0.1) is 0 Å². The SMILES string of the molecule is COC1C=CN=C(CS(=O)c2nc3ccc(-n4cccc4)cc3[nH]2)C(C)=C1.